The molecule has 0 aromatic heterocycles. The molecule has 0 atom stereocenters. The molecule has 0 N–H and O–H groups in total. The van der Waals surface area contributed by atoms with Gasteiger partial charge in [0.2, 0.25) is 0 Å². The summed E-state index contributed by atoms with van der Waals surface area (Å²) < 4.78 is 10.9. The molecule has 3 rings (SSSR count). The molecule has 0 spiro atoms. The van der Waals surface area contributed by atoms with Crippen LogP contribution in [-0.4, -0.2) is 45.1 Å². The third-order valence-corrected chi connectivity index (χ3v) is 6.33. The summed E-state index contributed by atoms with van der Waals surface area (Å²) in [5.41, 5.74) is 2.06. The number of halogens is 1. The van der Waals surface area contributed by atoms with Crippen LogP contribution in [0.3, 0.4) is 0 Å². The third kappa shape index (κ3) is 7.59. The number of carbonyl (C=O) groups excluding carboxylic acids is 3. The van der Waals surface area contributed by atoms with Crippen LogP contribution in [-0.2, 0) is 9.53 Å². The highest BCUT2D eigenvalue weighted by molar-refractivity contribution is 6.35. The Morgan fingerprint density at radius 1 is 0.816 bits per heavy atom. The van der Waals surface area contributed by atoms with Crippen molar-refractivity contribution < 1.29 is 23.9 Å². The molecule has 0 saturated carbocycles. The first-order valence-electron chi connectivity index (χ1n) is 12.6. The van der Waals surface area contributed by atoms with E-state index in [4.69, 9.17) is 21.1 Å². The van der Waals surface area contributed by atoms with Gasteiger partial charge in [-0.15, -0.1) is 0 Å². The summed E-state index contributed by atoms with van der Waals surface area (Å²) in [5, 5.41) is 0.243. The van der Waals surface area contributed by atoms with E-state index in [1.165, 1.54) is 9.80 Å². The van der Waals surface area contributed by atoms with Gasteiger partial charge in [0.25, 0.3) is 11.8 Å². The quantitative estimate of drug-likeness (QED) is 0.198. The van der Waals surface area contributed by atoms with Gasteiger partial charge in [0.05, 0.1) is 29.5 Å². The van der Waals surface area contributed by atoms with E-state index < -0.39 is 0 Å². The molecule has 3 aromatic carbocycles. The Balaban J connectivity index is 1.63. The van der Waals surface area contributed by atoms with Crippen LogP contribution in [0.4, 0.5) is 11.4 Å². The van der Waals surface area contributed by atoms with Crippen LogP contribution >= 0.6 is 11.6 Å². The van der Waals surface area contributed by atoms with E-state index in [9.17, 15) is 14.4 Å². The first-order chi connectivity index (χ1) is 18.3. The number of anilines is 2. The van der Waals surface area contributed by atoms with E-state index in [1.807, 2.05) is 30.3 Å². The van der Waals surface area contributed by atoms with E-state index >= 15 is 0 Å². The van der Waals surface area contributed by atoms with Crippen LogP contribution < -0.4 is 14.5 Å². The third-order valence-electron chi connectivity index (χ3n) is 6.02. The lowest BCUT2D eigenvalue weighted by Crippen LogP contribution is -2.28. The number of amides is 2. The van der Waals surface area contributed by atoms with E-state index in [1.54, 1.807) is 63.5 Å². The number of hydrogen-bond acceptors (Lipinski definition) is 5. The van der Waals surface area contributed by atoms with Crippen molar-refractivity contribution in [2.45, 2.75) is 32.6 Å². The van der Waals surface area contributed by atoms with Crippen LogP contribution in [0.1, 0.15) is 53.3 Å². The molecule has 0 radical (unpaired) electrons. The molecule has 0 saturated heterocycles. The maximum absolute atomic E-state index is 13.3. The minimum absolute atomic E-state index is 0.176. The predicted octanol–water partition coefficient (Wildman–Crippen LogP) is 6.40. The molecule has 0 aliphatic rings. The van der Waals surface area contributed by atoms with E-state index in [2.05, 4.69) is 0 Å². The molecule has 0 unspecified atom stereocenters. The van der Waals surface area contributed by atoms with Crippen LogP contribution in [0, 0.1) is 0 Å². The largest absolute Gasteiger partial charge is 0.491 e. The summed E-state index contributed by atoms with van der Waals surface area (Å²) >= 11 is 6.51. The average Bonchev–Trinajstić information content (AvgIpc) is 2.94. The molecule has 0 heterocycles. The van der Waals surface area contributed by atoms with Crippen LogP contribution in [0.5, 0.6) is 5.75 Å². The van der Waals surface area contributed by atoms with Crippen molar-refractivity contribution in [1.29, 1.82) is 0 Å². The second-order valence-corrected chi connectivity index (χ2v) is 9.10. The van der Waals surface area contributed by atoms with Crippen molar-refractivity contribution in [3.05, 3.63) is 88.9 Å². The highest BCUT2D eigenvalue weighted by Gasteiger charge is 2.21. The van der Waals surface area contributed by atoms with Gasteiger partial charge in [-0.05, 0) is 68.7 Å². The predicted molar refractivity (Wildman–Crippen MR) is 150 cm³/mol. The highest BCUT2D eigenvalue weighted by atomic mass is 35.5. The smallest absolute Gasteiger partial charge is 0.305 e. The van der Waals surface area contributed by atoms with Gasteiger partial charge >= 0.3 is 5.97 Å². The van der Waals surface area contributed by atoms with Gasteiger partial charge in [-0.1, -0.05) is 41.9 Å². The van der Waals surface area contributed by atoms with Gasteiger partial charge < -0.3 is 19.3 Å². The topological polar surface area (TPSA) is 76.2 Å². The number of hydrogen-bond donors (Lipinski definition) is 0. The number of unbranched alkanes of at least 4 members (excludes halogenated alkanes) is 2. The zero-order valence-electron chi connectivity index (χ0n) is 22.0. The lowest BCUT2D eigenvalue weighted by atomic mass is 10.1. The van der Waals surface area contributed by atoms with Gasteiger partial charge in [-0.3, -0.25) is 14.4 Å². The minimum Gasteiger partial charge on any atom is -0.491 e. The number of benzene rings is 3. The molecular formula is C30H33ClN2O5. The first-order valence-corrected chi connectivity index (χ1v) is 13.0. The Hall–Kier alpha value is -3.84. The van der Waals surface area contributed by atoms with Crippen molar-refractivity contribution in [2.75, 3.05) is 37.1 Å². The average molecular weight is 537 g/mol. The zero-order chi connectivity index (χ0) is 27.5. The normalized spacial score (nSPS) is 10.5. The van der Waals surface area contributed by atoms with E-state index in [0.29, 0.717) is 47.9 Å². The zero-order valence-corrected chi connectivity index (χ0v) is 22.7. The maximum Gasteiger partial charge on any atom is 0.305 e. The highest BCUT2D eigenvalue weighted by Crippen LogP contribution is 2.31. The lowest BCUT2D eigenvalue weighted by molar-refractivity contribution is -0.143. The summed E-state index contributed by atoms with van der Waals surface area (Å²) in [6, 6.07) is 21.2. The summed E-state index contributed by atoms with van der Waals surface area (Å²) in [5.74, 6) is -0.0800. The number of nitrogens with zero attached hydrogens (tertiary/aromatic N) is 2. The Kier molecular flexibility index (Phi) is 10.7. The second-order valence-electron chi connectivity index (χ2n) is 8.69. The van der Waals surface area contributed by atoms with Gasteiger partial charge in [0.1, 0.15) is 5.75 Å². The summed E-state index contributed by atoms with van der Waals surface area (Å²) in [6.45, 7) is 2.65. The Morgan fingerprint density at radius 2 is 1.53 bits per heavy atom. The molecule has 200 valence electrons. The fraction of sp³-hybridized carbons (Fsp3) is 0.300. The van der Waals surface area contributed by atoms with E-state index in [0.717, 1.165) is 19.3 Å². The number of ether oxygens (including phenoxy) is 2. The molecule has 2 amide bonds. The lowest BCUT2D eigenvalue weighted by Gasteiger charge is -2.22. The fourth-order valence-corrected chi connectivity index (χ4v) is 4.14. The number of carbonyl (C=O) groups is 3. The van der Waals surface area contributed by atoms with Crippen LogP contribution in [0.15, 0.2) is 72.8 Å². The molecule has 7 nitrogen and oxygen atoms in total. The maximum atomic E-state index is 13.3. The van der Waals surface area contributed by atoms with Gasteiger partial charge in [-0.25, -0.2) is 0 Å². The monoisotopic (exact) mass is 536 g/mol. The van der Waals surface area contributed by atoms with Crippen molar-refractivity contribution in [3.63, 3.8) is 0 Å². The molecule has 0 aliphatic carbocycles. The van der Waals surface area contributed by atoms with Gasteiger partial charge in [0.15, 0.2) is 0 Å². The summed E-state index contributed by atoms with van der Waals surface area (Å²) in [7, 11) is 3.33. The SMILES string of the molecule is CCOC(=O)CCCCCOc1ccccc1N(C)C(=O)c1ccc(N(C)C(=O)c2ccccc2)cc1Cl. The van der Waals surface area contributed by atoms with Gasteiger partial charge in [-0.2, -0.15) is 0 Å². The molecule has 0 aliphatic heterocycles. The van der Waals surface area contributed by atoms with Crippen molar-refractivity contribution in [1.82, 2.24) is 0 Å². The molecule has 0 fully saturated rings. The molecule has 3 aromatic rings. The second kappa shape index (κ2) is 14.2. The Bertz CT molecular complexity index is 1250. The summed E-state index contributed by atoms with van der Waals surface area (Å²) in [6.07, 6.45) is 2.74. The fourth-order valence-electron chi connectivity index (χ4n) is 3.89. The van der Waals surface area contributed by atoms with Crippen molar-refractivity contribution >= 4 is 40.8 Å². The molecule has 38 heavy (non-hydrogen) atoms. The van der Waals surface area contributed by atoms with E-state index in [-0.39, 0.29) is 22.8 Å². The van der Waals surface area contributed by atoms with Crippen LogP contribution in [0.2, 0.25) is 5.02 Å². The number of esters is 1. The Labute approximate surface area is 228 Å². The summed E-state index contributed by atoms with van der Waals surface area (Å²) in [4.78, 5) is 40.6. The standard InChI is InChI=1S/C30H33ClN2O5/c1-4-37-28(34)17-9-6-12-20-38-27-16-11-10-15-26(27)33(3)30(36)24-19-18-23(21-25(24)31)32(2)29(35)22-13-7-5-8-14-22/h5,7-8,10-11,13-16,18-19,21H,4,6,9,12,17,20H2,1-3H3. The van der Waals surface area contributed by atoms with Crippen molar-refractivity contribution in [2.24, 2.45) is 0 Å². The van der Waals surface area contributed by atoms with Gasteiger partial charge in [0, 0.05) is 31.8 Å². The first kappa shape index (κ1) is 28.7. The molecule has 0 bridgehead atoms. The van der Waals surface area contributed by atoms with Crippen molar-refractivity contribution in [3.8, 4) is 5.75 Å². The van der Waals surface area contributed by atoms with Crippen LogP contribution in [0.25, 0.3) is 0 Å². The molecular weight excluding hydrogens is 504 g/mol. The number of para-hydroxylation sites is 2. The molecule has 8 heteroatoms. The Morgan fingerprint density at radius 3 is 2.24 bits per heavy atom. The minimum atomic E-state index is -0.302. The number of rotatable bonds is 12.